The van der Waals surface area contributed by atoms with E-state index in [-0.39, 0.29) is 5.56 Å². The van der Waals surface area contributed by atoms with Crippen molar-refractivity contribution in [3.63, 3.8) is 0 Å². The summed E-state index contributed by atoms with van der Waals surface area (Å²) in [6.45, 7) is 0.647. The van der Waals surface area contributed by atoms with Gasteiger partial charge in [-0.3, -0.25) is 9.78 Å². The first-order chi connectivity index (χ1) is 10.6. The van der Waals surface area contributed by atoms with Gasteiger partial charge in [0.1, 0.15) is 0 Å². The third-order valence-electron chi connectivity index (χ3n) is 3.43. The smallest absolute Gasteiger partial charge is 0.278 e. The molecule has 1 saturated heterocycles. The Bertz CT molecular complexity index is 704. The van der Waals surface area contributed by atoms with Crippen molar-refractivity contribution in [2.75, 3.05) is 6.61 Å². The molecule has 1 N–H and O–H groups in total. The molecule has 3 rings (SSSR count). The molecule has 0 saturated carbocycles. The zero-order valence-electron chi connectivity index (χ0n) is 11.6. The number of hydrogen-bond donors (Lipinski definition) is 1. The van der Waals surface area contributed by atoms with Crippen LogP contribution < -0.4 is 5.48 Å². The van der Waals surface area contributed by atoms with Crippen molar-refractivity contribution in [2.24, 2.45) is 0 Å². The first-order valence-corrected chi connectivity index (χ1v) is 8.13. The van der Waals surface area contributed by atoms with Crippen LogP contribution in [0.4, 0.5) is 0 Å². The minimum atomic E-state index is -0.434. The van der Waals surface area contributed by atoms with Crippen LogP contribution in [0, 0.1) is 0 Å². The number of hydrogen-bond acceptors (Lipinski definition) is 4. The number of fused-ring (bicyclic) bond motifs is 1. The average Bonchev–Trinajstić information content (AvgIpc) is 2.54. The minimum absolute atomic E-state index is 0.271. The van der Waals surface area contributed by atoms with Crippen LogP contribution in [0.2, 0.25) is 5.02 Å². The van der Waals surface area contributed by atoms with Gasteiger partial charge in [0.25, 0.3) is 5.91 Å². The highest BCUT2D eigenvalue weighted by Crippen LogP contribution is 2.27. The molecule has 2 heterocycles. The Hall–Kier alpha value is -1.21. The summed E-state index contributed by atoms with van der Waals surface area (Å²) in [5, 5.41) is 1.06. The molecule has 1 aliphatic rings. The molecule has 1 amide bonds. The molecule has 1 aliphatic heterocycles. The first-order valence-electron chi connectivity index (χ1n) is 6.96. The molecule has 22 heavy (non-hydrogen) atoms. The summed E-state index contributed by atoms with van der Waals surface area (Å²) in [5.41, 5.74) is 3.37. The summed E-state index contributed by atoms with van der Waals surface area (Å²) >= 11 is 9.68. The standard InChI is InChI=1S/C15H14BrClN2O3/c16-9-4-5-10-12(7-9)18-8-11(14(10)17)15(20)19-22-13-3-1-2-6-21-13/h4-5,7-8,13H,1-3,6H2,(H,19,20). The quantitative estimate of drug-likeness (QED) is 0.816. The molecule has 0 spiro atoms. The number of nitrogens with zero attached hydrogens (tertiary/aromatic N) is 1. The van der Waals surface area contributed by atoms with Crippen LogP contribution in [0.5, 0.6) is 0 Å². The third kappa shape index (κ3) is 3.41. The van der Waals surface area contributed by atoms with E-state index in [4.69, 9.17) is 21.2 Å². The Balaban J connectivity index is 1.75. The number of ether oxygens (including phenoxy) is 1. The van der Waals surface area contributed by atoms with Crippen molar-refractivity contribution < 1.29 is 14.4 Å². The van der Waals surface area contributed by atoms with E-state index < -0.39 is 12.2 Å². The Kier molecular flexibility index (Phi) is 4.93. The molecular weight excluding hydrogens is 372 g/mol. The van der Waals surface area contributed by atoms with Crippen molar-refractivity contribution in [1.82, 2.24) is 10.5 Å². The van der Waals surface area contributed by atoms with Crippen molar-refractivity contribution in [2.45, 2.75) is 25.6 Å². The van der Waals surface area contributed by atoms with Gasteiger partial charge in [0.05, 0.1) is 16.1 Å². The van der Waals surface area contributed by atoms with Gasteiger partial charge in [0.2, 0.25) is 0 Å². The molecule has 1 fully saturated rings. The van der Waals surface area contributed by atoms with Crippen LogP contribution >= 0.6 is 27.5 Å². The lowest BCUT2D eigenvalue weighted by Gasteiger charge is -2.22. The molecule has 1 aromatic carbocycles. The van der Waals surface area contributed by atoms with Crippen LogP contribution in [-0.2, 0) is 9.57 Å². The summed E-state index contributed by atoms with van der Waals surface area (Å²) in [4.78, 5) is 21.7. The van der Waals surface area contributed by atoms with Gasteiger partial charge < -0.3 is 4.74 Å². The molecule has 0 radical (unpaired) electrons. The van der Waals surface area contributed by atoms with Crippen molar-refractivity contribution >= 4 is 44.3 Å². The summed E-state index contributed by atoms with van der Waals surface area (Å²) in [6, 6.07) is 5.51. The average molecular weight is 386 g/mol. The maximum absolute atomic E-state index is 12.2. The lowest BCUT2D eigenvalue weighted by atomic mass is 10.1. The van der Waals surface area contributed by atoms with Crippen molar-refractivity contribution in [1.29, 1.82) is 0 Å². The predicted molar refractivity (Wildman–Crippen MR) is 86.6 cm³/mol. The second kappa shape index (κ2) is 6.91. The van der Waals surface area contributed by atoms with E-state index in [1.807, 2.05) is 18.2 Å². The number of pyridine rings is 1. The second-order valence-corrected chi connectivity index (χ2v) is 6.29. The van der Waals surface area contributed by atoms with Gasteiger partial charge in [0.15, 0.2) is 6.29 Å². The number of hydroxylamine groups is 1. The maximum atomic E-state index is 12.2. The largest absolute Gasteiger partial charge is 0.350 e. The van der Waals surface area contributed by atoms with Gasteiger partial charge in [-0.1, -0.05) is 33.6 Å². The molecule has 7 heteroatoms. The van der Waals surface area contributed by atoms with E-state index in [9.17, 15) is 4.79 Å². The molecule has 2 aromatic rings. The number of carbonyl (C=O) groups excluding carboxylic acids is 1. The second-order valence-electron chi connectivity index (χ2n) is 4.99. The number of carbonyl (C=O) groups is 1. The fourth-order valence-corrected chi connectivity index (χ4v) is 2.91. The maximum Gasteiger partial charge on any atom is 0.278 e. The SMILES string of the molecule is O=C(NOC1CCCCO1)c1cnc2cc(Br)ccc2c1Cl. The van der Waals surface area contributed by atoms with Crippen LogP contribution in [0.1, 0.15) is 29.6 Å². The van der Waals surface area contributed by atoms with E-state index in [0.717, 1.165) is 23.7 Å². The fourth-order valence-electron chi connectivity index (χ4n) is 2.27. The summed E-state index contributed by atoms with van der Waals surface area (Å²) in [5.74, 6) is -0.434. The van der Waals surface area contributed by atoms with Crippen LogP contribution in [-0.4, -0.2) is 23.8 Å². The van der Waals surface area contributed by atoms with Gasteiger partial charge in [-0.05, 0) is 25.0 Å². The first kappa shape index (κ1) is 15.7. The molecular formula is C15H14BrClN2O3. The van der Waals surface area contributed by atoms with Gasteiger partial charge in [-0.15, -0.1) is 0 Å². The predicted octanol–water partition coefficient (Wildman–Crippen LogP) is 3.84. The number of benzene rings is 1. The normalized spacial score (nSPS) is 18.4. The molecule has 116 valence electrons. The van der Waals surface area contributed by atoms with Crippen LogP contribution in [0.25, 0.3) is 10.9 Å². The van der Waals surface area contributed by atoms with E-state index >= 15 is 0 Å². The fraction of sp³-hybridized carbons (Fsp3) is 0.333. The lowest BCUT2D eigenvalue weighted by Crippen LogP contribution is -2.33. The number of amides is 1. The van der Waals surface area contributed by atoms with Gasteiger partial charge >= 0.3 is 0 Å². The van der Waals surface area contributed by atoms with Crippen molar-refractivity contribution in [3.8, 4) is 0 Å². The number of halogens is 2. The number of aromatic nitrogens is 1. The number of rotatable bonds is 3. The van der Waals surface area contributed by atoms with Gasteiger partial charge in [-0.25, -0.2) is 10.3 Å². The highest BCUT2D eigenvalue weighted by molar-refractivity contribution is 9.10. The topological polar surface area (TPSA) is 60.5 Å². The van der Waals surface area contributed by atoms with Gasteiger partial charge in [0, 0.05) is 29.1 Å². The van der Waals surface area contributed by atoms with E-state index in [2.05, 4.69) is 26.4 Å². The Morgan fingerprint density at radius 3 is 3.09 bits per heavy atom. The van der Waals surface area contributed by atoms with Crippen molar-refractivity contribution in [3.05, 3.63) is 39.5 Å². The molecule has 1 unspecified atom stereocenters. The lowest BCUT2D eigenvalue weighted by molar-refractivity contribution is -0.186. The highest BCUT2D eigenvalue weighted by atomic mass is 79.9. The van der Waals surface area contributed by atoms with Crippen LogP contribution in [0.15, 0.2) is 28.9 Å². The summed E-state index contributed by atoms with van der Waals surface area (Å²) in [6.07, 6.45) is 3.84. The molecule has 1 atom stereocenters. The van der Waals surface area contributed by atoms with E-state index in [1.54, 1.807) is 0 Å². The van der Waals surface area contributed by atoms with E-state index in [0.29, 0.717) is 22.5 Å². The monoisotopic (exact) mass is 384 g/mol. The van der Waals surface area contributed by atoms with E-state index in [1.165, 1.54) is 6.20 Å². The Morgan fingerprint density at radius 2 is 2.32 bits per heavy atom. The molecule has 1 aromatic heterocycles. The van der Waals surface area contributed by atoms with Crippen LogP contribution in [0.3, 0.4) is 0 Å². The number of nitrogens with one attached hydrogen (secondary N) is 1. The highest BCUT2D eigenvalue weighted by Gasteiger charge is 2.18. The Morgan fingerprint density at radius 1 is 1.45 bits per heavy atom. The Labute approximate surface area is 141 Å². The molecule has 0 aliphatic carbocycles. The summed E-state index contributed by atoms with van der Waals surface area (Å²) in [7, 11) is 0. The van der Waals surface area contributed by atoms with Gasteiger partial charge in [-0.2, -0.15) is 0 Å². The zero-order chi connectivity index (χ0) is 15.5. The summed E-state index contributed by atoms with van der Waals surface area (Å²) < 4.78 is 6.29. The minimum Gasteiger partial charge on any atom is -0.350 e. The molecule has 0 bridgehead atoms. The molecule has 5 nitrogen and oxygen atoms in total. The zero-order valence-corrected chi connectivity index (χ0v) is 14.0. The third-order valence-corrected chi connectivity index (χ3v) is 4.33.